The van der Waals surface area contributed by atoms with Crippen molar-refractivity contribution in [2.45, 2.75) is 34.6 Å². The molecule has 0 fully saturated rings. The van der Waals surface area contributed by atoms with E-state index in [4.69, 9.17) is 0 Å². The van der Waals surface area contributed by atoms with Gasteiger partial charge < -0.3 is 10.2 Å². The number of nitrogens with zero attached hydrogens (tertiary/aromatic N) is 5. The van der Waals surface area contributed by atoms with Gasteiger partial charge in [0.25, 0.3) is 11.6 Å². The SMILES string of the molecule is CCN(CC)c1ccc(-n2nc3cc(C)c(NC(=O)c4cccc([N+](=O)[O-])c4C)cc3n2)c(C)c1. The summed E-state index contributed by atoms with van der Waals surface area (Å²) in [5.41, 5.74) is 6.32. The molecule has 0 radical (unpaired) electrons. The molecule has 180 valence electrons. The highest BCUT2D eigenvalue weighted by atomic mass is 16.6. The van der Waals surface area contributed by atoms with E-state index in [9.17, 15) is 14.9 Å². The Morgan fingerprint density at radius 1 is 1.00 bits per heavy atom. The van der Waals surface area contributed by atoms with Crippen molar-refractivity contribution in [3.8, 4) is 5.69 Å². The van der Waals surface area contributed by atoms with E-state index in [0.29, 0.717) is 22.3 Å². The van der Waals surface area contributed by atoms with E-state index >= 15 is 0 Å². The highest BCUT2D eigenvalue weighted by molar-refractivity contribution is 6.07. The molecule has 0 aliphatic carbocycles. The van der Waals surface area contributed by atoms with E-state index < -0.39 is 10.8 Å². The van der Waals surface area contributed by atoms with Crippen LogP contribution < -0.4 is 10.2 Å². The molecule has 0 saturated heterocycles. The molecule has 9 heteroatoms. The quantitative estimate of drug-likeness (QED) is 0.287. The second-order valence-electron chi connectivity index (χ2n) is 8.45. The van der Waals surface area contributed by atoms with E-state index in [1.807, 2.05) is 26.0 Å². The van der Waals surface area contributed by atoms with Gasteiger partial charge in [0.05, 0.1) is 10.6 Å². The van der Waals surface area contributed by atoms with Gasteiger partial charge in [0.2, 0.25) is 0 Å². The summed E-state index contributed by atoms with van der Waals surface area (Å²) in [7, 11) is 0. The van der Waals surface area contributed by atoms with Crippen LogP contribution in [-0.2, 0) is 0 Å². The summed E-state index contributed by atoms with van der Waals surface area (Å²) in [6, 6.07) is 14.3. The molecule has 1 N–H and O–H groups in total. The molecule has 0 aliphatic heterocycles. The second-order valence-corrected chi connectivity index (χ2v) is 8.45. The third-order valence-electron chi connectivity index (χ3n) is 6.25. The number of carbonyl (C=O) groups is 1. The summed E-state index contributed by atoms with van der Waals surface area (Å²) in [5.74, 6) is -0.413. The van der Waals surface area contributed by atoms with Crippen LogP contribution in [0.1, 0.15) is 40.9 Å². The minimum atomic E-state index is -0.488. The average molecular weight is 473 g/mol. The third kappa shape index (κ3) is 4.57. The van der Waals surface area contributed by atoms with Crippen LogP contribution in [0, 0.1) is 30.9 Å². The van der Waals surface area contributed by atoms with E-state index in [0.717, 1.165) is 35.6 Å². The molecule has 35 heavy (non-hydrogen) atoms. The first-order chi connectivity index (χ1) is 16.7. The lowest BCUT2D eigenvalue weighted by atomic mass is 10.1. The lowest BCUT2D eigenvalue weighted by molar-refractivity contribution is -0.385. The number of nitro benzene ring substituents is 1. The van der Waals surface area contributed by atoms with E-state index in [-0.39, 0.29) is 11.3 Å². The molecule has 0 unspecified atom stereocenters. The Hall–Kier alpha value is -4.27. The summed E-state index contributed by atoms with van der Waals surface area (Å²) in [6.45, 7) is 11.6. The molecule has 0 bridgehead atoms. The minimum absolute atomic E-state index is 0.0878. The predicted molar refractivity (Wildman–Crippen MR) is 138 cm³/mol. The fourth-order valence-corrected chi connectivity index (χ4v) is 4.22. The van der Waals surface area contributed by atoms with Crippen LogP contribution in [0.15, 0.2) is 48.5 Å². The predicted octanol–water partition coefficient (Wildman–Crippen LogP) is 5.35. The van der Waals surface area contributed by atoms with Crippen molar-refractivity contribution in [2.75, 3.05) is 23.3 Å². The molecule has 9 nitrogen and oxygen atoms in total. The number of rotatable bonds is 7. The molecular weight excluding hydrogens is 444 g/mol. The monoisotopic (exact) mass is 472 g/mol. The number of benzene rings is 3. The van der Waals surface area contributed by atoms with Gasteiger partial charge in [-0.3, -0.25) is 14.9 Å². The number of nitrogens with one attached hydrogen (secondary N) is 1. The van der Waals surface area contributed by atoms with Gasteiger partial charge in [0, 0.05) is 41.7 Å². The van der Waals surface area contributed by atoms with Crippen molar-refractivity contribution in [3.05, 3.63) is 80.9 Å². The standard InChI is InChI=1S/C26H28N6O3/c1-6-30(7-2)19-11-12-24(17(4)13-19)31-28-22-14-16(3)21(15-23(22)29-31)27-26(33)20-9-8-10-25(18(20)5)32(34)35/h8-15H,6-7H2,1-5H3,(H,27,33). The number of aryl methyl sites for hydroxylation is 2. The van der Waals surface area contributed by atoms with Crippen molar-refractivity contribution in [3.63, 3.8) is 0 Å². The number of aromatic nitrogens is 3. The van der Waals surface area contributed by atoms with Crippen LogP contribution in [-0.4, -0.2) is 38.9 Å². The summed E-state index contributed by atoms with van der Waals surface area (Å²) >= 11 is 0. The average Bonchev–Trinajstić information content (AvgIpc) is 3.22. The zero-order chi connectivity index (χ0) is 25.3. The van der Waals surface area contributed by atoms with Crippen molar-refractivity contribution >= 4 is 34.0 Å². The maximum Gasteiger partial charge on any atom is 0.273 e. The topological polar surface area (TPSA) is 106 Å². The fraction of sp³-hybridized carbons (Fsp3) is 0.269. The Morgan fingerprint density at radius 3 is 2.31 bits per heavy atom. The molecule has 1 aromatic heterocycles. The minimum Gasteiger partial charge on any atom is -0.372 e. The molecule has 4 aromatic rings. The molecule has 4 rings (SSSR count). The van der Waals surface area contributed by atoms with Crippen LogP contribution in [0.2, 0.25) is 0 Å². The highest BCUT2D eigenvalue weighted by Crippen LogP contribution is 2.27. The van der Waals surface area contributed by atoms with E-state index in [2.05, 4.69) is 46.4 Å². The first-order valence-corrected chi connectivity index (χ1v) is 11.5. The number of amides is 1. The maximum atomic E-state index is 12.9. The molecule has 0 atom stereocenters. The summed E-state index contributed by atoms with van der Waals surface area (Å²) in [6.07, 6.45) is 0. The molecule has 0 spiro atoms. The lowest BCUT2D eigenvalue weighted by Crippen LogP contribution is -2.21. The largest absolute Gasteiger partial charge is 0.372 e. The molecule has 0 aliphatic rings. The van der Waals surface area contributed by atoms with Gasteiger partial charge in [0.15, 0.2) is 0 Å². The summed E-state index contributed by atoms with van der Waals surface area (Å²) < 4.78 is 0. The fourth-order valence-electron chi connectivity index (χ4n) is 4.22. The summed E-state index contributed by atoms with van der Waals surface area (Å²) in [4.78, 5) is 27.6. The number of hydrogen-bond acceptors (Lipinski definition) is 6. The van der Waals surface area contributed by atoms with Crippen LogP contribution >= 0.6 is 0 Å². The molecule has 1 heterocycles. The van der Waals surface area contributed by atoms with Gasteiger partial charge in [-0.2, -0.15) is 4.80 Å². The zero-order valence-corrected chi connectivity index (χ0v) is 20.5. The van der Waals surface area contributed by atoms with Crippen molar-refractivity contribution < 1.29 is 9.72 Å². The smallest absolute Gasteiger partial charge is 0.273 e. The number of fused-ring (bicyclic) bond motifs is 1. The Balaban J connectivity index is 1.65. The third-order valence-corrected chi connectivity index (χ3v) is 6.25. The second kappa shape index (κ2) is 9.54. The van der Waals surface area contributed by atoms with Gasteiger partial charge in [-0.05, 0) is 82.1 Å². The zero-order valence-electron chi connectivity index (χ0n) is 20.5. The molecule has 3 aromatic carbocycles. The normalized spacial score (nSPS) is 11.0. The van der Waals surface area contributed by atoms with Crippen LogP contribution in [0.3, 0.4) is 0 Å². The molecular formula is C26H28N6O3. The van der Waals surface area contributed by atoms with Crippen LogP contribution in [0.4, 0.5) is 17.1 Å². The summed E-state index contributed by atoms with van der Waals surface area (Å²) in [5, 5.41) is 23.4. The first-order valence-electron chi connectivity index (χ1n) is 11.5. The van der Waals surface area contributed by atoms with E-state index in [1.165, 1.54) is 12.1 Å². The number of nitro groups is 1. The Bertz CT molecular complexity index is 1440. The number of carbonyl (C=O) groups excluding carboxylic acids is 1. The lowest BCUT2D eigenvalue weighted by Gasteiger charge is -2.22. The Kier molecular flexibility index (Phi) is 6.50. The Morgan fingerprint density at radius 2 is 1.69 bits per heavy atom. The maximum absolute atomic E-state index is 12.9. The van der Waals surface area contributed by atoms with Gasteiger partial charge in [-0.1, -0.05) is 6.07 Å². The van der Waals surface area contributed by atoms with Crippen LogP contribution in [0.5, 0.6) is 0 Å². The van der Waals surface area contributed by atoms with Crippen LogP contribution in [0.25, 0.3) is 16.7 Å². The molecule has 1 amide bonds. The van der Waals surface area contributed by atoms with E-state index in [1.54, 1.807) is 23.9 Å². The number of hydrogen-bond donors (Lipinski definition) is 1. The Labute approximate surface area is 203 Å². The van der Waals surface area contributed by atoms with Gasteiger partial charge >= 0.3 is 0 Å². The van der Waals surface area contributed by atoms with Crippen molar-refractivity contribution in [1.29, 1.82) is 0 Å². The highest BCUT2D eigenvalue weighted by Gasteiger charge is 2.19. The number of anilines is 2. The van der Waals surface area contributed by atoms with Crippen molar-refractivity contribution in [2.24, 2.45) is 0 Å². The molecule has 0 saturated carbocycles. The van der Waals surface area contributed by atoms with Gasteiger partial charge in [0.1, 0.15) is 11.0 Å². The van der Waals surface area contributed by atoms with Crippen molar-refractivity contribution in [1.82, 2.24) is 15.0 Å². The van der Waals surface area contributed by atoms with Gasteiger partial charge in [-0.25, -0.2) is 0 Å². The van der Waals surface area contributed by atoms with Gasteiger partial charge in [-0.15, -0.1) is 10.2 Å². The first kappa shape index (κ1) is 23.9.